The predicted molar refractivity (Wildman–Crippen MR) is 256 cm³/mol. The van der Waals surface area contributed by atoms with E-state index in [1.54, 1.807) is 0 Å². The van der Waals surface area contributed by atoms with Crippen LogP contribution in [0.1, 0.15) is 20.8 Å². The van der Waals surface area contributed by atoms with Gasteiger partial charge >= 0.3 is 0 Å². The monoisotopic (exact) mass is 1220 g/mol. The number of carbonyl (C=O) groups excluding carboxylic acids is 2. The Balaban J connectivity index is 1.26. The first-order valence-electron chi connectivity index (χ1n) is 26.4. The predicted octanol–water partition coefficient (Wildman–Crippen LogP) is -15.3. The molecule has 6 rings (SSSR count). The van der Waals surface area contributed by atoms with Gasteiger partial charge in [-0.05, 0) is 6.92 Å². The van der Waals surface area contributed by atoms with Gasteiger partial charge in [-0.15, -0.1) is 0 Å². The van der Waals surface area contributed by atoms with Crippen LogP contribution in [-0.2, 0) is 66.4 Å². The van der Waals surface area contributed by atoms with Gasteiger partial charge in [-0.25, -0.2) is 0 Å². The van der Waals surface area contributed by atoms with Gasteiger partial charge in [0.1, 0.15) is 165 Å². The van der Waals surface area contributed by atoms with Crippen LogP contribution in [0.25, 0.3) is 0 Å². The van der Waals surface area contributed by atoms with Crippen molar-refractivity contribution >= 4 is 11.8 Å². The van der Waals surface area contributed by atoms with Crippen LogP contribution in [0.15, 0.2) is 0 Å². The number of hydrogen-bond donors (Lipinski definition) is 23. The summed E-state index contributed by atoms with van der Waals surface area (Å²) < 4.78 is 69.4. The van der Waals surface area contributed by atoms with Gasteiger partial charge in [0.05, 0.1) is 52.4 Å². The van der Waals surface area contributed by atoms with Crippen molar-refractivity contribution < 1.29 is 174 Å². The third-order valence-corrected chi connectivity index (χ3v) is 15.0. The maximum absolute atomic E-state index is 12.9. The quantitative estimate of drug-likeness (QED) is 0.0427. The lowest BCUT2D eigenvalue weighted by atomic mass is 9.93. The van der Waals surface area contributed by atoms with Crippen molar-refractivity contribution in [3.8, 4) is 0 Å². The molecule has 83 heavy (non-hydrogen) atoms. The number of aliphatic hydroxyl groups excluding tert-OH is 21. The van der Waals surface area contributed by atoms with Crippen LogP contribution in [0.5, 0.6) is 0 Å². The molecule has 6 aliphatic heterocycles. The van der Waals surface area contributed by atoms with Crippen LogP contribution in [0.4, 0.5) is 0 Å². The van der Waals surface area contributed by atoms with Gasteiger partial charge in [0.15, 0.2) is 37.7 Å². The van der Waals surface area contributed by atoms with Gasteiger partial charge in [-0.3, -0.25) is 9.59 Å². The number of amides is 2. The maximum Gasteiger partial charge on any atom is 0.217 e. The summed E-state index contributed by atoms with van der Waals surface area (Å²) in [6.07, 6.45) is -62.9. The summed E-state index contributed by atoms with van der Waals surface area (Å²) in [6, 6.07) is -3.73. The number of nitrogens with one attached hydrogen (secondary N) is 2. The van der Waals surface area contributed by atoms with E-state index in [1.807, 2.05) is 0 Å². The molecular weight excluding hydrogens is 1140 g/mol. The molecule has 6 fully saturated rings. The van der Waals surface area contributed by atoms with E-state index in [-0.39, 0.29) is 0 Å². The summed E-state index contributed by atoms with van der Waals surface area (Å²) >= 11 is 0. The molecule has 34 atom stereocenters. The Morgan fingerprint density at radius 2 is 0.783 bits per heavy atom. The first-order valence-corrected chi connectivity index (χ1v) is 26.4. The number of rotatable bonds is 24. The highest BCUT2D eigenvalue weighted by atomic mass is 16.8. The standard InChI is InChI=1S/C46H80N2O35/c1-11-23(60)30(67)32(69)43(72-11)83-40-31(68)25(62)16(6-51)76-46(40)79-36-20(10-55)77-41(21(29(36)66)47-12(2)56)81-38-27(64)19(9-54)75-45(34(38)71)80-37-22(48-13(3)57)42(73-17(7-52)26(37)63)82-39-28(65)18(8-53)74-44(33(39)70)78-35(15(59)5-50)24(61)14(58)4-49/h11,14-46,49-55,58-71H,4-10H2,1-3H3,(H,47,56)(H,48,57)/t11-,14-,15+,16+,17+,18+,19+,20+,21+,22+,23+,24+,25-,26+,27-,28-,29+,30+,31-,32-,33+,34+,35+,36+,37+,38-,39-,40+,41-,42-,43-,44-,45-,46-/m0/s1. The molecule has 2 amide bonds. The van der Waals surface area contributed by atoms with Crippen molar-refractivity contribution in [2.75, 3.05) is 46.2 Å². The molecule has 0 aliphatic carbocycles. The number of carbonyl (C=O) groups is 2. The minimum Gasteiger partial charge on any atom is -0.394 e. The summed E-state index contributed by atoms with van der Waals surface area (Å²) in [7, 11) is 0. The molecule has 0 aromatic carbocycles. The van der Waals surface area contributed by atoms with E-state index in [0.29, 0.717) is 0 Å². The van der Waals surface area contributed by atoms with Crippen molar-refractivity contribution in [1.82, 2.24) is 10.6 Å². The molecule has 0 aromatic heterocycles. The fourth-order valence-corrected chi connectivity index (χ4v) is 10.3. The number of ether oxygens (including phenoxy) is 12. The Kier molecular flexibility index (Phi) is 25.8. The van der Waals surface area contributed by atoms with Crippen molar-refractivity contribution in [3.63, 3.8) is 0 Å². The third-order valence-electron chi connectivity index (χ3n) is 15.0. The highest BCUT2D eigenvalue weighted by molar-refractivity contribution is 5.73. The van der Waals surface area contributed by atoms with Crippen LogP contribution in [0, 0.1) is 0 Å². The van der Waals surface area contributed by atoms with Crippen molar-refractivity contribution in [2.24, 2.45) is 0 Å². The summed E-state index contributed by atoms with van der Waals surface area (Å²) in [5.41, 5.74) is 0. The molecule has 6 aliphatic rings. The Morgan fingerprint density at radius 3 is 1.30 bits per heavy atom. The summed E-state index contributed by atoms with van der Waals surface area (Å²) in [5.74, 6) is -1.82. The maximum atomic E-state index is 12.9. The van der Waals surface area contributed by atoms with Crippen molar-refractivity contribution in [3.05, 3.63) is 0 Å². The average Bonchev–Trinajstić information content (AvgIpc) is 2.90. The zero-order valence-electron chi connectivity index (χ0n) is 44.7. The first kappa shape index (κ1) is 69.7. The summed E-state index contributed by atoms with van der Waals surface area (Å²) in [6.45, 7) is -4.24. The van der Waals surface area contributed by atoms with Gasteiger partial charge in [0.25, 0.3) is 0 Å². The molecule has 23 N–H and O–H groups in total. The van der Waals surface area contributed by atoms with E-state index in [2.05, 4.69) is 10.6 Å². The van der Waals surface area contributed by atoms with Gasteiger partial charge in [0.2, 0.25) is 11.8 Å². The van der Waals surface area contributed by atoms with Gasteiger partial charge in [-0.2, -0.15) is 0 Å². The van der Waals surface area contributed by atoms with Crippen LogP contribution in [0.2, 0.25) is 0 Å². The van der Waals surface area contributed by atoms with Gasteiger partial charge in [0, 0.05) is 13.8 Å². The zero-order chi connectivity index (χ0) is 61.6. The van der Waals surface area contributed by atoms with Gasteiger partial charge in [-0.1, -0.05) is 0 Å². The summed E-state index contributed by atoms with van der Waals surface area (Å²) in [4.78, 5) is 25.6. The minimum atomic E-state index is -2.33. The average molecular weight is 1220 g/mol. The number of aliphatic hydroxyl groups is 21. The molecule has 0 spiro atoms. The molecule has 6 saturated heterocycles. The van der Waals surface area contributed by atoms with E-state index in [1.165, 1.54) is 6.92 Å². The normalized spacial score (nSPS) is 46.8. The first-order chi connectivity index (χ1) is 39.2. The fourth-order valence-electron chi connectivity index (χ4n) is 10.3. The molecule has 0 unspecified atom stereocenters. The Morgan fingerprint density at radius 1 is 0.386 bits per heavy atom. The van der Waals surface area contributed by atoms with Crippen molar-refractivity contribution in [2.45, 2.75) is 229 Å². The second kappa shape index (κ2) is 30.7. The Labute approximate surface area is 471 Å². The van der Waals surface area contributed by atoms with E-state index in [4.69, 9.17) is 56.8 Å². The molecule has 0 aromatic rings. The molecule has 37 heteroatoms. The zero-order valence-corrected chi connectivity index (χ0v) is 44.7. The van der Waals surface area contributed by atoms with Crippen molar-refractivity contribution in [1.29, 1.82) is 0 Å². The molecular formula is C46H80N2O35. The van der Waals surface area contributed by atoms with Gasteiger partial charge < -0.3 is 175 Å². The van der Waals surface area contributed by atoms with E-state index in [9.17, 15) is 117 Å². The molecule has 0 radical (unpaired) electrons. The molecule has 6 heterocycles. The minimum absolute atomic E-state index is 0.896. The SMILES string of the molecule is CC(=O)N[C@H]1[C@H](O[C@H]2[C@@H](O)[C@@H](CO)O[C@@H](O[C@H]3[C@H](O)[C@@H](CO)O[C@@H](O[C@H]4[C@@H](O)[C@@H](CO)O[C@@H](O[C@@H]([C@H](O)[C@@H](O)CO)[C@H](O)CO)[C@@H]4O)[C@@H]3NC(C)=O)[C@@H]2O)O[C@H](CO)[C@@H](O[C@@H]2O[C@H](CO)[C@H](O)[C@H](O)[C@H]2O[C@@H]2O[C@@H](C)[C@@H](O)[C@@H](O)[C@@H]2O)[C@@H]1O. The topological polar surface area (TPSA) is 594 Å². The van der Waals surface area contributed by atoms with E-state index >= 15 is 0 Å². The van der Waals surface area contributed by atoms with E-state index in [0.717, 1.165) is 13.8 Å². The van der Waals surface area contributed by atoms with Crippen LogP contribution < -0.4 is 10.6 Å². The van der Waals surface area contributed by atoms with E-state index < -0.39 is 267 Å². The Bertz CT molecular complexity index is 2000. The third kappa shape index (κ3) is 15.6. The van der Waals surface area contributed by atoms with Crippen LogP contribution in [0.3, 0.4) is 0 Å². The highest BCUT2D eigenvalue weighted by Gasteiger charge is 2.59. The second-order valence-electron chi connectivity index (χ2n) is 20.8. The molecule has 0 bridgehead atoms. The lowest BCUT2D eigenvalue weighted by molar-refractivity contribution is -0.391. The second-order valence-corrected chi connectivity index (χ2v) is 20.8. The fraction of sp³-hybridized carbons (Fsp3) is 0.957. The smallest absolute Gasteiger partial charge is 0.217 e. The Hall–Kier alpha value is -2.38. The summed E-state index contributed by atoms with van der Waals surface area (Å²) in [5, 5.41) is 230. The van der Waals surface area contributed by atoms with Crippen LogP contribution >= 0.6 is 0 Å². The molecule has 37 nitrogen and oxygen atoms in total. The van der Waals surface area contributed by atoms with Crippen LogP contribution in [-0.4, -0.2) is 374 Å². The lowest BCUT2D eigenvalue weighted by Crippen LogP contribution is -2.71. The number of hydrogen-bond acceptors (Lipinski definition) is 35. The lowest BCUT2D eigenvalue weighted by Gasteiger charge is -2.51. The molecule has 0 saturated carbocycles. The molecule has 484 valence electrons. The largest absolute Gasteiger partial charge is 0.394 e. The highest BCUT2D eigenvalue weighted by Crippen LogP contribution is 2.38.